The minimum absolute atomic E-state index is 0.127. The van der Waals surface area contributed by atoms with Crippen molar-refractivity contribution in [2.75, 3.05) is 25.0 Å². The highest BCUT2D eigenvalue weighted by Crippen LogP contribution is 2.26. The maximum absolute atomic E-state index is 13.0. The van der Waals surface area contributed by atoms with Gasteiger partial charge in [-0.2, -0.15) is 9.40 Å². The second-order valence-electron chi connectivity index (χ2n) is 6.67. The number of fused-ring (bicyclic) bond motifs is 1. The lowest BCUT2D eigenvalue weighted by Gasteiger charge is -2.43. The van der Waals surface area contributed by atoms with Gasteiger partial charge in [0, 0.05) is 27.2 Å². The lowest BCUT2D eigenvalue weighted by atomic mass is 10.1. The molecule has 1 fully saturated rings. The van der Waals surface area contributed by atoms with Crippen molar-refractivity contribution in [2.45, 2.75) is 17.9 Å². The van der Waals surface area contributed by atoms with E-state index in [1.165, 1.54) is 27.1 Å². The summed E-state index contributed by atoms with van der Waals surface area (Å²) in [6.07, 6.45) is 0. The van der Waals surface area contributed by atoms with E-state index in [1.54, 1.807) is 14.1 Å². The molecule has 0 aliphatic carbocycles. The standard InChI is InChI=1S/C17H19N5O4S/c1-11-4-7-16(19-18-11)22-9-12(10-22)21(3)27(24,25)13-5-6-15-14(8-13)20(2)17(23)26-15/h4-8,12H,9-10H2,1-3H3. The molecule has 0 saturated carbocycles. The number of hydrogen-bond donors (Lipinski definition) is 0. The molecular weight excluding hydrogens is 370 g/mol. The summed E-state index contributed by atoms with van der Waals surface area (Å²) in [6.45, 7) is 2.95. The van der Waals surface area contributed by atoms with Crippen molar-refractivity contribution >= 4 is 26.9 Å². The largest absolute Gasteiger partial charge is 0.419 e. The highest BCUT2D eigenvalue weighted by molar-refractivity contribution is 7.89. The Hall–Kier alpha value is -2.72. The summed E-state index contributed by atoms with van der Waals surface area (Å²) in [6, 6.07) is 8.02. The second kappa shape index (κ2) is 6.17. The molecule has 1 aromatic carbocycles. The lowest BCUT2D eigenvalue weighted by Crippen LogP contribution is -2.60. The molecule has 0 amide bonds. The van der Waals surface area contributed by atoms with Crippen LogP contribution in [0.25, 0.3) is 11.1 Å². The average molecular weight is 389 g/mol. The highest BCUT2D eigenvalue weighted by Gasteiger charge is 2.37. The lowest BCUT2D eigenvalue weighted by molar-refractivity contribution is 0.309. The minimum Gasteiger partial charge on any atom is -0.408 e. The van der Waals surface area contributed by atoms with Gasteiger partial charge in [0.1, 0.15) is 0 Å². The number of hydrogen-bond acceptors (Lipinski definition) is 7. The Morgan fingerprint density at radius 1 is 1.19 bits per heavy atom. The molecule has 0 N–H and O–H groups in total. The van der Waals surface area contributed by atoms with Gasteiger partial charge in [-0.05, 0) is 37.3 Å². The van der Waals surface area contributed by atoms with Crippen molar-refractivity contribution in [3.05, 3.63) is 46.6 Å². The van der Waals surface area contributed by atoms with Crippen molar-refractivity contribution in [2.24, 2.45) is 7.05 Å². The number of benzene rings is 1. The van der Waals surface area contributed by atoms with Crippen molar-refractivity contribution in [3.8, 4) is 0 Å². The third-order valence-corrected chi connectivity index (χ3v) is 6.83. The fraction of sp³-hybridized carbons (Fsp3) is 0.353. The van der Waals surface area contributed by atoms with Crippen LogP contribution in [0.2, 0.25) is 0 Å². The van der Waals surface area contributed by atoms with Crippen LogP contribution in [0.4, 0.5) is 5.82 Å². The van der Waals surface area contributed by atoms with E-state index in [1.807, 2.05) is 24.0 Å². The van der Waals surface area contributed by atoms with Crippen LogP contribution in [0.5, 0.6) is 0 Å². The molecule has 1 aliphatic heterocycles. The molecule has 3 aromatic rings. The highest BCUT2D eigenvalue weighted by atomic mass is 32.2. The number of likely N-dealkylation sites (N-methyl/N-ethyl adjacent to an activating group) is 1. The number of nitrogens with zero attached hydrogens (tertiary/aromatic N) is 5. The molecule has 27 heavy (non-hydrogen) atoms. The molecule has 0 spiro atoms. The molecule has 10 heteroatoms. The first kappa shape index (κ1) is 17.7. The van der Waals surface area contributed by atoms with Gasteiger partial charge in [-0.25, -0.2) is 13.2 Å². The molecule has 3 heterocycles. The summed E-state index contributed by atoms with van der Waals surface area (Å²) in [5.41, 5.74) is 1.64. The van der Waals surface area contributed by atoms with E-state index < -0.39 is 15.8 Å². The SMILES string of the molecule is Cc1ccc(N2CC(N(C)S(=O)(=O)c3ccc4oc(=O)n(C)c4c3)C2)nn1. The monoisotopic (exact) mass is 389 g/mol. The summed E-state index contributed by atoms with van der Waals surface area (Å²) >= 11 is 0. The van der Waals surface area contributed by atoms with Crippen molar-refractivity contribution < 1.29 is 12.8 Å². The molecule has 0 atom stereocenters. The van der Waals surface area contributed by atoms with Gasteiger partial charge in [0.15, 0.2) is 11.4 Å². The molecule has 0 radical (unpaired) electrons. The number of anilines is 1. The van der Waals surface area contributed by atoms with E-state index in [2.05, 4.69) is 10.2 Å². The van der Waals surface area contributed by atoms with E-state index >= 15 is 0 Å². The Morgan fingerprint density at radius 3 is 2.59 bits per heavy atom. The fourth-order valence-corrected chi connectivity index (χ4v) is 4.42. The summed E-state index contributed by atoms with van der Waals surface area (Å²) in [7, 11) is -0.588. The number of sulfonamides is 1. The van der Waals surface area contributed by atoms with Crippen LogP contribution in [-0.2, 0) is 17.1 Å². The van der Waals surface area contributed by atoms with Crippen LogP contribution in [0.1, 0.15) is 5.69 Å². The predicted octanol–water partition coefficient (Wildman–Crippen LogP) is 0.739. The molecule has 0 unspecified atom stereocenters. The van der Waals surface area contributed by atoms with Crippen LogP contribution >= 0.6 is 0 Å². The number of oxazole rings is 1. The molecule has 9 nitrogen and oxygen atoms in total. The maximum atomic E-state index is 13.0. The van der Waals surface area contributed by atoms with Gasteiger partial charge < -0.3 is 9.32 Å². The molecule has 142 valence electrons. The van der Waals surface area contributed by atoms with E-state index in [4.69, 9.17) is 4.42 Å². The smallest absolute Gasteiger partial charge is 0.408 e. The Kier molecular flexibility index (Phi) is 4.04. The summed E-state index contributed by atoms with van der Waals surface area (Å²) < 4.78 is 33.7. The zero-order valence-corrected chi connectivity index (χ0v) is 16.0. The van der Waals surface area contributed by atoms with E-state index in [0.717, 1.165) is 11.5 Å². The van der Waals surface area contributed by atoms with Crippen LogP contribution in [0, 0.1) is 6.92 Å². The first-order valence-corrected chi connectivity index (χ1v) is 9.84. The van der Waals surface area contributed by atoms with Gasteiger partial charge in [-0.15, -0.1) is 5.10 Å². The van der Waals surface area contributed by atoms with Crippen molar-refractivity contribution in [1.82, 2.24) is 19.1 Å². The number of aromatic nitrogens is 3. The van der Waals surface area contributed by atoms with Gasteiger partial charge in [0.05, 0.1) is 22.1 Å². The number of rotatable bonds is 4. The van der Waals surface area contributed by atoms with Crippen LogP contribution in [0.15, 0.2) is 44.4 Å². The quantitative estimate of drug-likeness (QED) is 0.648. The summed E-state index contributed by atoms with van der Waals surface area (Å²) in [4.78, 5) is 13.7. The van der Waals surface area contributed by atoms with Crippen LogP contribution < -0.4 is 10.7 Å². The zero-order chi connectivity index (χ0) is 19.3. The summed E-state index contributed by atoms with van der Waals surface area (Å²) in [5, 5.41) is 8.15. The predicted molar refractivity (Wildman–Crippen MR) is 99.2 cm³/mol. The first-order valence-electron chi connectivity index (χ1n) is 8.40. The minimum atomic E-state index is -3.70. The average Bonchev–Trinajstić information content (AvgIpc) is 2.89. The maximum Gasteiger partial charge on any atom is 0.419 e. The normalized spacial score (nSPS) is 15.5. The van der Waals surface area contributed by atoms with Gasteiger partial charge in [0.25, 0.3) is 0 Å². The molecule has 1 aliphatic rings. The molecule has 1 saturated heterocycles. The van der Waals surface area contributed by atoms with Crippen LogP contribution in [-0.4, -0.2) is 53.7 Å². The topological polar surface area (TPSA) is 102 Å². The van der Waals surface area contributed by atoms with Crippen molar-refractivity contribution in [1.29, 1.82) is 0 Å². The van der Waals surface area contributed by atoms with Crippen LogP contribution in [0.3, 0.4) is 0 Å². The zero-order valence-electron chi connectivity index (χ0n) is 15.2. The Bertz CT molecular complexity index is 1160. The van der Waals surface area contributed by atoms with E-state index in [0.29, 0.717) is 24.2 Å². The van der Waals surface area contributed by atoms with Gasteiger partial charge in [-0.1, -0.05) is 0 Å². The molecule has 0 bridgehead atoms. The third-order valence-electron chi connectivity index (χ3n) is 4.92. The Morgan fingerprint density at radius 2 is 1.93 bits per heavy atom. The molecular formula is C17H19N5O4S. The van der Waals surface area contributed by atoms with Crippen molar-refractivity contribution in [3.63, 3.8) is 0 Å². The second-order valence-corrected chi connectivity index (χ2v) is 8.67. The fourth-order valence-electron chi connectivity index (χ4n) is 3.06. The van der Waals surface area contributed by atoms with E-state index in [9.17, 15) is 13.2 Å². The Balaban J connectivity index is 1.55. The van der Waals surface area contributed by atoms with Gasteiger partial charge in [-0.3, -0.25) is 4.57 Å². The number of aryl methyl sites for hydroxylation is 2. The molecule has 2 aromatic heterocycles. The van der Waals surface area contributed by atoms with Gasteiger partial charge >= 0.3 is 5.76 Å². The van der Waals surface area contributed by atoms with Gasteiger partial charge in [0.2, 0.25) is 10.0 Å². The van der Waals surface area contributed by atoms with E-state index in [-0.39, 0.29) is 10.9 Å². The third kappa shape index (κ3) is 2.90. The Labute approximate surface area is 155 Å². The summed E-state index contributed by atoms with van der Waals surface area (Å²) in [5.74, 6) is 0.208. The first-order chi connectivity index (χ1) is 12.8. The molecule has 4 rings (SSSR count).